The molecule has 4 aromatic rings. The Balaban J connectivity index is 0.000000211. The zero-order chi connectivity index (χ0) is 27.8. The molecule has 4 aromatic carbocycles. The predicted octanol–water partition coefficient (Wildman–Crippen LogP) is 10.6. The number of hydrogen-bond donors (Lipinski definition) is 1. The molecule has 0 spiro atoms. The first-order valence-electron chi connectivity index (χ1n) is 10.7. The lowest BCUT2D eigenvalue weighted by atomic mass is 10.2. The molecular weight excluding hydrogens is 576 g/mol. The van der Waals surface area contributed by atoms with Gasteiger partial charge in [0.05, 0.1) is 33.9 Å². The number of nitrogen functional groups attached to an aromatic ring is 1. The van der Waals surface area contributed by atoms with E-state index in [1.54, 1.807) is 48.5 Å². The molecule has 4 rings (SSSR count). The van der Waals surface area contributed by atoms with Crippen molar-refractivity contribution in [1.29, 1.82) is 0 Å². The Kier molecular flexibility index (Phi) is 9.35. The summed E-state index contributed by atoms with van der Waals surface area (Å²) in [5, 5.41) is 15.5. The summed E-state index contributed by atoms with van der Waals surface area (Å²) in [6.07, 6.45) is -8.67. The molecule has 0 aliphatic heterocycles. The van der Waals surface area contributed by atoms with Crippen LogP contribution in [0.3, 0.4) is 0 Å². The highest BCUT2D eigenvalue weighted by molar-refractivity contribution is 9.10. The van der Waals surface area contributed by atoms with Gasteiger partial charge in [-0.25, -0.2) is 0 Å². The minimum absolute atomic E-state index is 0.352. The molecule has 12 heteroatoms. The van der Waals surface area contributed by atoms with Crippen molar-refractivity contribution >= 4 is 44.4 Å². The Morgan fingerprint density at radius 2 is 0.711 bits per heavy atom. The van der Waals surface area contributed by atoms with Crippen molar-refractivity contribution in [2.45, 2.75) is 12.4 Å². The highest BCUT2D eigenvalue weighted by Gasteiger charge is 2.30. The van der Waals surface area contributed by atoms with Crippen molar-refractivity contribution in [3.63, 3.8) is 0 Å². The van der Waals surface area contributed by atoms with Gasteiger partial charge in [-0.3, -0.25) is 0 Å². The average molecular weight is 594 g/mol. The maximum Gasteiger partial charge on any atom is 0.416 e. The predicted molar refractivity (Wildman–Crippen MR) is 136 cm³/mol. The standard InChI is InChI=1S/C13H8BrF3N2.C13H10F3N3/c14-10-3-7-12(8-4-10)19-18-11-5-1-9(2-6-11)13(15,16)17;14-13(15,16)9-1-5-11(6-2-9)18-19-12-7-3-10(17)4-8-12/h1-8H;1-8H,17H2. The lowest BCUT2D eigenvalue weighted by Gasteiger charge is -2.05. The van der Waals surface area contributed by atoms with Gasteiger partial charge in [0.15, 0.2) is 0 Å². The number of nitrogens with zero attached hydrogens (tertiary/aromatic N) is 4. The van der Waals surface area contributed by atoms with E-state index < -0.39 is 23.5 Å². The van der Waals surface area contributed by atoms with Crippen LogP contribution in [-0.4, -0.2) is 0 Å². The lowest BCUT2D eigenvalue weighted by Crippen LogP contribution is -2.03. The highest BCUT2D eigenvalue weighted by atomic mass is 79.9. The summed E-state index contributed by atoms with van der Waals surface area (Å²) < 4.78 is 75.0. The van der Waals surface area contributed by atoms with Crippen LogP contribution in [0.25, 0.3) is 0 Å². The SMILES string of the molecule is FC(F)(F)c1ccc(N=Nc2ccc(Br)cc2)cc1.Nc1ccc(N=Nc2ccc(C(F)(F)F)cc2)cc1. The molecule has 38 heavy (non-hydrogen) atoms. The second-order valence-corrected chi connectivity index (χ2v) is 8.47. The van der Waals surface area contributed by atoms with Gasteiger partial charge in [0.1, 0.15) is 0 Å². The number of halogens is 7. The number of rotatable bonds is 4. The van der Waals surface area contributed by atoms with Gasteiger partial charge in [-0.1, -0.05) is 15.9 Å². The third kappa shape index (κ3) is 9.11. The van der Waals surface area contributed by atoms with E-state index in [1.165, 1.54) is 24.3 Å². The number of azo groups is 2. The monoisotopic (exact) mass is 593 g/mol. The van der Waals surface area contributed by atoms with Crippen LogP contribution < -0.4 is 5.73 Å². The number of alkyl halides is 6. The third-order valence-corrected chi connectivity index (χ3v) is 5.20. The van der Waals surface area contributed by atoms with Crippen molar-refractivity contribution in [1.82, 2.24) is 0 Å². The molecule has 0 aliphatic carbocycles. The van der Waals surface area contributed by atoms with Crippen LogP contribution in [-0.2, 0) is 12.4 Å². The van der Waals surface area contributed by atoms with Gasteiger partial charge in [0, 0.05) is 10.2 Å². The van der Waals surface area contributed by atoms with Crippen LogP contribution in [0.2, 0.25) is 0 Å². The second-order valence-electron chi connectivity index (χ2n) is 7.56. The number of anilines is 1. The smallest absolute Gasteiger partial charge is 0.399 e. The van der Waals surface area contributed by atoms with Crippen LogP contribution in [0, 0.1) is 0 Å². The van der Waals surface area contributed by atoms with E-state index in [-0.39, 0.29) is 0 Å². The Labute approximate surface area is 221 Å². The van der Waals surface area contributed by atoms with Crippen molar-refractivity contribution in [3.05, 3.63) is 113 Å². The van der Waals surface area contributed by atoms with Crippen LogP contribution >= 0.6 is 15.9 Å². The molecular formula is C26H18BrF6N5. The fraction of sp³-hybridized carbons (Fsp3) is 0.0769. The second kappa shape index (κ2) is 12.5. The van der Waals surface area contributed by atoms with Crippen molar-refractivity contribution in [2.75, 3.05) is 5.73 Å². The molecule has 0 atom stereocenters. The van der Waals surface area contributed by atoms with Crippen LogP contribution in [0.1, 0.15) is 11.1 Å². The molecule has 0 fully saturated rings. The van der Waals surface area contributed by atoms with Gasteiger partial charge in [0.2, 0.25) is 0 Å². The molecule has 0 unspecified atom stereocenters. The van der Waals surface area contributed by atoms with E-state index in [0.29, 0.717) is 28.4 Å². The maximum absolute atomic E-state index is 12.3. The summed E-state index contributed by atoms with van der Waals surface area (Å²) in [5.74, 6) is 0. The van der Waals surface area contributed by atoms with E-state index in [9.17, 15) is 26.3 Å². The molecule has 2 N–H and O–H groups in total. The van der Waals surface area contributed by atoms with E-state index >= 15 is 0 Å². The molecule has 0 saturated carbocycles. The molecule has 0 aliphatic rings. The summed E-state index contributed by atoms with van der Waals surface area (Å²) in [7, 11) is 0. The van der Waals surface area contributed by atoms with Gasteiger partial charge in [0.25, 0.3) is 0 Å². The topological polar surface area (TPSA) is 75.5 Å². The fourth-order valence-electron chi connectivity index (χ4n) is 2.71. The Hall–Kier alpha value is -4.06. The first-order chi connectivity index (χ1) is 17.9. The number of benzene rings is 4. The molecule has 0 radical (unpaired) electrons. The molecule has 196 valence electrons. The summed E-state index contributed by atoms with van der Waals surface area (Å²) in [4.78, 5) is 0. The molecule has 0 heterocycles. The van der Waals surface area contributed by atoms with E-state index in [1.807, 2.05) is 0 Å². The van der Waals surface area contributed by atoms with Crippen LogP contribution in [0.15, 0.2) is 122 Å². The van der Waals surface area contributed by atoms with Crippen molar-refractivity contribution in [3.8, 4) is 0 Å². The lowest BCUT2D eigenvalue weighted by molar-refractivity contribution is -0.138. The molecule has 0 amide bonds. The van der Waals surface area contributed by atoms with Crippen LogP contribution in [0.4, 0.5) is 54.8 Å². The first kappa shape index (κ1) is 28.5. The largest absolute Gasteiger partial charge is 0.416 e. The van der Waals surface area contributed by atoms with Crippen molar-refractivity contribution in [2.24, 2.45) is 20.5 Å². The summed E-state index contributed by atoms with van der Waals surface area (Å²) in [6, 6.07) is 22.8. The first-order valence-corrected chi connectivity index (χ1v) is 11.5. The molecule has 0 saturated heterocycles. The van der Waals surface area contributed by atoms with Crippen molar-refractivity contribution < 1.29 is 26.3 Å². The minimum atomic E-state index is -4.34. The van der Waals surface area contributed by atoms with E-state index in [2.05, 4.69) is 36.4 Å². The Morgan fingerprint density at radius 3 is 1.00 bits per heavy atom. The van der Waals surface area contributed by atoms with Gasteiger partial charge in [-0.15, -0.1) is 0 Å². The number of nitrogens with two attached hydrogens (primary N) is 1. The zero-order valence-electron chi connectivity index (χ0n) is 19.2. The van der Waals surface area contributed by atoms with E-state index in [4.69, 9.17) is 5.73 Å². The van der Waals surface area contributed by atoms with E-state index in [0.717, 1.165) is 28.7 Å². The summed E-state index contributed by atoms with van der Waals surface area (Å²) >= 11 is 3.29. The minimum Gasteiger partial charge on any atom is -0.399 e. The quantitative estimate of drug-likeness (QED) is 0.142. The molecule has 0 bridgehead atoms. The summed E-state index contributed by atoms with van der Waals surface area (Å²) in [6.45, 7) is 0. The Bertz CT molecular complexity index is 1260. The highest BCUT2D eigenvalue weighted by Crippen LogP contribution is 2.32. The molecule has 0 aromatic heterocycles. The third-order valence-electron chi connectivity index (χ3n) is 4.67. The van der Waals surface area contributed by atoms with Gasteiger partial charge >= 0.3 is 12.4 Å². The van der Waals surface area contributed by atoms with Gasteiger partial charge in [-0.2, -0.15) is 46.8 Å². The molecule has 5 nitrogen and oxygen atoms in total. The maximum atomic E-state index is 12.3. The average Bonchev–Trinajstić information content (AvgIpc) is 2.88. The van der Waals surface area contributed by atoms with Gasteiger partial charge < -0.3 is 5.73 Å². The van der Waals surface area contributed by atoms with Crippen LogP contribution in [0.5, 0.6) is 0 Å². The Morgan fingerprint density at radius 1 is 0.447 bits per heavy atom. The summed E-state index contributed by atoms with van der Waals surface area (Å²) in [5.41, 5.74) is 6.64. The normalized spacial score (nSPS) is 12.0. The van der Waals surface area contributed by atoms with Gasteiger partial charge in [-0.05, 0) is 97.1 Å². The zero-order valence-corrected chi connectivity index (χ0v) is 20.8. The fourth-order valence-corrected chi connectivity index (χ4v) is 2.98. The number of hydrogen-bond acceptors (Lipinski definition) is 5.